The molecule has 1 saturated heterocycles. The van der Waals surface area contributed by atoms with E-state index in [1.165, 1.54) is 38.6 Å². The van der Waals surface area contributed by atoms with Crippen LogP contribution in [0, 0.1) is 5.82 Å². The number of hydrogen-bond donors (Lipinski definition) is 1. The van der Waals surface area contributed by atoms with E-state index >= 15 is 0 Å². The maximum Gasteiger partial charge on any atom is 0.331 e. The molecule has 3 heterocycles. The van der Waals surface area contributed by atoms with Crippen molar-refractivity contribution in [1.82, 2.24) is 18.9 Å². The summed E-state index contributed by atoms with van der Waals surface area (Å²) in [6, 6.07) is 11.8. The zero-order valence-corrected chi connectivity index (χ0v) is 21.9. The average Bonchev–Trinajstić information content (AvgIpc) is 3.11. The fraction of sp³-hybridized carbons (Fsp3) is 0.357. The smallest absolute Gasteiger partial charge is 0.331 e. The Balaban J connectivity index is 1.29. The molecule has 0 saturated carbocycles. The largest absolute Gasteiger partial charge is 0.493 e. The molecule has 2 aliphatic heterocycles. The summed E-state index contributed by atoms with van der Waals surface area (Å²) in [7, 11) is 2.61. The summed E-state index contributed by atoms with van der Waals surface area (Å²) < 4.78 is 21.5. The molecule has 0 aliphatic carbocycles. The molecule has 0 atom stereocenters. The van der Waals surface area contributed by atoms with Gasteiger partial charge in [-0.15, -0.1) is 0 Å². The van der Waals surface area contributed by atoms with Crippen molar-refractivity contribution < 1.29 is 18.7 Å². The lowest BCUT2D eigenvalue weighted by molar-refractivity contribution is -0.133. The summed E-state index contributed by atoms with van der Waals surface area (Å²) >= 11 is 0. The minimum absolute atomic E-state index is 0.00400. The minimum atomic E-state index is -0.650. The topological polar surface area (TPSA) is 106 Å². The van der Waals surface area contributed by atoms with E-state index in [9.17, 15) is 23.6 Å². The van der Waals surface area contributed by atoms with Crippen LogP contribution in [0.15, 0.2) is 58.3 Å². The fourth-order valence-corrected chi connectivity index (χ4v) is 5.36. The van der Waals surface area contributed by atoms with Crippen LogP contribution in [0.2, 0.25) is 0 Å². The van der Waals surface area contributed by atoms with Crippen LogP contribution >= 0.6 is 0 Å². The Bertz CT molecular complexity index is 1540. The van der Waals surface area contributed by atoms with Crippen molar-refractivity contribution in [2.24, 2.45) is 7.05 Å². The normalized spacial score (nSPS) is 15.9. The van der Waals surface area contributed by atoms with Crippen LogP contribution in [-0.2, 0) is 24.8 Å². The van der Waals surface area contributed by atoms with Gasteiger partial charge in [-0.3, -0.25) is 18.7 Å². The third-order valence-electron chi connectivity index (χ3n) is 7.52. The van der Waals surface area contributed by atoms with E-state index in [4.69, 9.17) is 4.74 Å². The Kier molecular flexibility index (Phi) is 7.23. The Morgan fingerprint density at radius 3 is 2.51 bits per heavy atom. The van der Waals surface area contributed by atoms with Gasteiger partial charge in [0.15, 0.2) is 11.6 Å². The van der Waals surface area contributed by atoms with Gasteiger partial charge in [0.25, 0.3) is 5.56 Å². The number of amides is 3. The second-order valence-electron chi connectivity index (χ2n) is 9.78. The molecule has 204 valence electrons. The summed E-state index contributed by atoms with van der Waals surface area (Å²) in [6.07, 6.45) is 3.26. The number of piperidine rings is 1. The number of rotatable bonds is 5. The van der Waals surface area contributed by atoms with E-state index in [0.29, 0.717) is 32.5 Å². The molecular formula is C28H30FN5O5. The van der Waals surface area contributed by atoms with Crippen LogP contribution in [-0.4, -0.2) is 63.7 Å². The van der Waals surface area contributed by atoms with E-state index in [1.807, 2.05) is 29.2 Å². The molecule has 10 nitrogen and oxygen atoms in total. The first-order valence-corrected chi connectivity index (χ1v) is 12.8. The summed E-state index contributed by atoms with van der Waals surface area (Å²) in [5.41, 5.74) is 0.898. The molecule has 0 radical (unpaired) electrons. The van der Waals surface area contributed by atoms with E-state index in [0.717, 1.165) is 26.8 Å². The summed E-state index contributed by atoms with van der Waals surface area (Å²) in [6.45, 7) is 1.19. The van der Waals surface area contributed by atoms with Gasteiger partial charge in [-0.2, -0.15) is 0 Å². The molecule has 3 aromatic rings. The van der Waals surface area contributed by atoms with Gasteiger partial charge in [-0.05, 0) is 37.0 Å². The molecule has 0 spiro atoms. The van der Waals surface area contributed by atoms with Crippen molar-refractivity contribution in [2.75, 3.05) is 32.1 Å². The van der Waals surface area contributed by atoms with Crippen molar-refractivity contribution in [3.63, 3.8) is 0 Å². The third-order valence-corrected chi connectivity index (χ3v) is 7.52. The number of urea groups is 1. The number of ether oxygens (including phenoxy) is 1. The number of anilines is 1. The van der Waals surface area contributed by atoms with Crippen molar-refractivity contribution in [3.8, 4) is 16.9 Å². The predicted octanol–water partition coefficient (Wildman–Crippen LogP) is 2.44. The van der Waals surface area contributed by atoms with Gasteiger partial charge in [-0.25, -0.2) is 14.0 Å². The Labute approximate surface area is 224 Å². The second kappa shape index (κ2) is 10.8. The Morgan fingerprint density at radius 2 is 1.77 bits per heavy atom. The van der Waals surface area contributed by atoms with Gasteiger partial charge in [0.1, 0.15) is 6.54 Å². The van der Waals surface area contributed by atoms with Crippen LogP contribution in [0.4, 0.5) is 14.9 Å². The zero-order chi connectivity index (χ0) is 27.7. The highest BCUT2D eigenvalue weighted by molar-refractivity contribution is 5.91. The summed E-state index contributed by atoms with van der Waals surface area (Å²) in [4.78, 5) is 55.3. The first-order valence-electron chi connectivity index (χ1n) is 12.8. The fourth-order valence-electron chi connectivity index (χ4n) is 5.36. The molecule has 11 heteroatoms. The molecule has 1 N–H and O–H groups in total. The highest BCUT2D eigenvalue weighted by Gasteiger charge is 2.31. The molecule has 0 unspecified atom stereocenters. The monoisotopic (exact) mass is 535 g/mol. The van der Waals surface area contributed by atoms with Crippen LogP contribution < -0.4 is 21.3 Å². The van der Waals surface area contributed by atoms with E-state index in [1.54, 1.807) is 4.90 Å². The van der Waals surface area contributed by atoms with Gasteiger partial charge in [0.2, 0.25) is 5.91 Å². The number of methoxy groups -OCH3 is 1. The van der Waals surface area contributed by atoms with Crippen LogP contribution in [0.3, 0.4) is 0 Å². The number of nitrogens with zero attached hydrogens (tertiary/aromatic N) is 4. The standard InChI is InChI=1S/C28H30FN5O5/c1-31-26(36)21(20-7-5-8-22(29)25(20)39-2)16-33(28(31)38)17-24(35)32-13-11-19(12-14-32)34-15-10-18-6-3-4-9-23(18)30-27(34)37/h3-9,16,19H,10-15,17H2,1-2H3,(H,30,37). The maximum absolute atomic E-state index is 14.3. The highest BCUT2D eigenvalue weighted by atomic mass is 19.1. The first kappa shape index (κ1) is 26.2. The molecule has 39 heavy (non-hydrogen) atoms. The van der Waals surface area contributed by atoms with Gasteiger partial charge in [-0.1, -0.05) is 30.3 Å². The SMILES string of the molecule is COc1c(F)cccc1-c1cn(CC(=O)N2CCC(N3CCc4ccccc4NC3=O)CC2)c(=O)n(C)c1=O. The molecule has 0 bridgehead atoms. The molecule has 3 amide bonds. The van der Waals surface area contributed by atoms with Crippen LogP contribution in [0.25, 0.3) is 11.1 Å². The number of benzene rings is 2. The number of halogens is 1. The number of hydrogen-bond acceptors (Lipinski definition) is 5. The summed E-state index contributed by atoms with van der Waals surface area (Å²) in [5.74, 6) is -1.04. The Hall–Kier alpha value is -4.41. The molecule has 1 fully saturated rings. The number of likely N-dealkylation sites (tertiary alicyclic amines) is 1. The minimum Gasteiger partial charge on any atom is -0.493 e. The van der Waals surface area contributed by atoms with Gasteiger partial charge in [0.05, 0.1) is 12.7 Å². The molecule has 5 rings (SSSR count). The maximum atomic E-state index is 14.3. The summed E-state index contributed by atoms with van der Waals surface area (Å²) in [5, 5.41) is 2.99. The highest BCUT2D eigenvalue weighted by Crippen LogP contribution is 2.30. The van der Waals surface area contributed by atoms with Crippen LogP contribution in [0.1, 0.15) is 18.4 Å². The number of aromatic nitrogens is 2. The number of nitrogens with one attached hydrogen (secondary N) is 1. The van der Waals surface area contributed by atoms with Crippen molar-refractivity contribution in [3.05, 3.63) is 80.9 Å². The van der Waals surface area contributed by atoms with E-state index in [-0.39, 0.29) is 41.4 Å². The lowest BCUT2D eigenvalue weighted by atomic mass is 10.0. The third kappa shape index (κ3) is 5.04. The number of carbonyl (C=O) groups excluding carboxylic acids is 2. The van der Waals surface area contributed by atoms with Gasteiger partial charge >= 0.3 is 11.7 Å². The van der Waals surface area contributed by atoms with Gasteiger partial charge in [0, 0.05) is 50.2 Å². The number of carbonyl (C=O) groups is 2. The van der Waals surface area contributed by atoms with Crippen molar-refractivity contribution in [1.29, 1.82) is 0 Å². The molecule has 2 aromatic carbocycles. The van der Waals surface area contributed by atoms with Gasteiger partial charge < -0.3 is 19.9 Å². The average molecular weight is 536 g/mol. The Morgan fingerprint density at radius 1 is 1.03 bits per heavy atom. The quantitative estimate of drug-likeness (QED) is 0.540. The number of fused-ring (bicyclic) bond motifs is 1. The molecule has 2 aliphatic rings. The lowest BCUT2D eigenvalue weighted by Gasteiger charge is -2.38. The zero-order valence-electron chi connectivity index (χ0n) is 21.9. The van der Waals surface area contributed by atoms with Crippen molar-refractivity contribution in [2.45, 2.75) is 31.8 Å². The predicted molar refractivity (Wildman–Crippen MR) is 143 cm³/mol. The molecule has 1 aromatic heterocycles. The lowest BCUT2D eigenvalue weighted by Crippen LogP contribution is -2.51. The van der Waals surface area contributed by atoms with Crippen LogP contribution in [0.5, 0.6) is 5.75 Å². The van der Waals surface area contributed by atoms with Crippen molar-refractivity contribution >= 4 is 17.6 Å². The molecular weight excluding hydrogens is 505 g/mol. The van der Waals surface area contributed by atoms with E-state index in [2.05, 4.69) is 5.32 Å². The number of para-hydroxylation sites is 2. The van der Waals surface area contributed by atoms with E-state index < -0.39 is 17.1 Å². The first-order chi connectivity index (χ1) is 18.8. The second-order valence-corrected chi connectivity index (χ2v) is 9.78.